The van der Waals surface area contributed by atoms with Gasteiger partial charge in [0.05, 0.1) is 12.5 Å². The van der Waals surface area contributed by atoms with Gasteiger partial charge in [-0.05, 0) is 44.5 Å². The van der Waals surface area contributed by atoms with E-state index < -0.39 is 17.0 Å². The maximum Gasteiger partial charge on any atom is 0.199 e. The highest BCUT2D eigenvalue weighted by Gasteiger charge is 2.45. The Morgan fingerprint density at radius 3 is 2.29 bits per heavy atom. The number of phenols is 1. The van der Waals surface area contributed by atoms with Gasteiger partial charge in [-0.25, -0.2) is 0 Å². The lowest BCUT2D eigenvalue weighted by Crippen LogP contribution is -2.38. The number of Topliss-reactive ketones (excluding diaryl/α,β-unsaturated/α-hetero) is 2. The molecule has 0 atom stereocenters. The van der Waals surface area contributed by atoms with E-state index in [1.807, 2.05) is 0 Å². The molecule has 5 heteroatoms. The van der Waals surface area contributed by atoms with Gasteiger partial charge in [-0.15, -0.1) is 0 Å². The highest BCUT2D eigenvalue weighted by Crippen LogP contribution is 2.39. The first kappa shape index (κ1) is 17.5. The molecule has 0 bridgehead atoms. The summed E-state index contributed by atoms with van der Waals surface area (Å²) in [6, 6.07) is 6.29. The summed E-state index contributed by atoms with van der Waals surface area (Å²) >= 11 is 0. The van der Waals surface area contributed by atoms with Crippen molar-refractivity contribution in [2.24, 2.45) is 5.41 Å². The molecule has 1 aliphatic carbocycles. The van der Waals surface area contributed by atoms with Gasteiger partial charge in [-0.1, -0.05) is 18.2 Å². The van der Waals surface area contributed by atoms with Crippen LogP contribution >= 0.6 is 0 Å². The van der Waals surface area contributed by atoms with Crippen molar-refractivity contribution in [2.45, 2.75) is 20.8 Å². The molecule has 1 aliphatic rings. The van der Waals surface area contributed by atoms with Crippen LogP contribution in [0.2, 0.25) is 0 Å². The molecule has 0 saturated carbocycles. The summed E-state index contributed by atoms with van der Waals surface area (Å²) in [6.45, 7) is 4.88. The molecule has 24 heavy (non-hydrogen) atoms. The van der Waals surface area contributed by atoms with Crippen molar-refractivity contribution < 1.29 is 24.5 Å². The second kappa shape index (κ2) is 6.35. The van der Waals surface area contributed by atoms with Crippen LogP contribution < -0.4 is 0 Å². The third kappa shape index (κ3) is 2.97. The molecule has 1 aromatic carbocycles. The lowest BCUT2D eigenvalue weighted by molar-refractivity contribution is -0.127. The third-order valence-electron chi connectivity index (χ3n) is 4.06. The van der Waals surface area contributed by atoms with Crippen molar-refractivity contribution >= 4 is 17.6 Å². The number of allylic oxidation sites excluding steroid dienone is 4. The standard InChI is InChI=1S/C19H20O5/c1-11-16(22)15(17(23)19(2,3)18(11)24-4)14(21)10-7-12-5-8-13(20)9-6-12/h5-10,20-21H,1-4H3/b10-7+,15-14+. The molecule has 0 aromatic heterocycles. The smallest absolute Gasteiger partial charge is 0.199 e. The van der Waals surface area contributed by atoms with E-state index in [1.165, 1.54) is 25.3 Å². The third-order valence-corrected chi connectivity index (χ3v) is 4.06. The molecule has 0 spiro atoms. The van der Waals surface area contributed by atoms with Crippen LogP contribution in [-0.4, -0.2) is 28.9 Å². The fraction of sp³-hybridized carbons (Fsp3) is 0.263. The molecule has 1 aromatic rings. The molecule has 5 nitrogen and oxygen atoms in total. The van der Waals surface area contributed by atoms with Gasteiger partial charge in [0.25, 0.3) is 0 Å². The first-order chi connectivity index (χ1) is 11.2. The van der Waals surface area contributed by atoms with Crippen molar-refractivity contribution in [3.63, 3.8) is 0 Å². The highest BCUT2D eigenvalue weighted by atomic mass is 16.5. The summed E-state index contributed by atoms with van der Waals surface area (Å²) in [6.07, 6.45) is 2.86. The summed E-state index contributed by atoms with van der Waals surface area (Å²) in [4.78, 5) is 25.1. The number of rotatable bonds is 3. The monoisotopic (exact) mass is 328 g/mol. The number of aromatic hydroxyl groups is 1. The Morgan fingerprint density at radius 2 is 1.75 bits per heavy atom. The SMILES string of the molecule is COC1=C(C)C(=O)/C(=C(O)/C=C/c2ccc(O)cc2)C(=O)C1(C)C. The minimum atomic E-state index is -1.03. The Balaban J connectivity index is 2.47. The molecular formula is C19H20O5. The number of ketones is 2. The number of carbonyl (C=O) groups excluding carboxylic acids is 2. The molecule has 2 N–H and O–H groups in total. The predicted molar refractivity (Wildman–Crippen MR) is 90.3 cm³/mol. The first-order valence-corrected chi connectivity index (χ1v) is 7.45. The summed E-state index contributed by atoms with van der Waals surface area (Å²) in [5.74, 6) is -0.967. The Hall–Kier alpha value is -2.82. The van der Waals surface area contributed by atoms with E-state index in [4.69, 9.17) is 4.74 Å². The minimum absolute atomic E-state index is 0.127. The lowest BCUT2D eigenvalue weighted by atomic mass is 9.73. The van der Waals surface area contributed by atoms with Crippen LogP contribution in [0.3, 0.4) is 0 Å². The molecule has 0 saturated heterocycles. The van der Waals surface area contributed by atoms with E-state index in [-0.39, 0.29) is 17.1 Å². The van der Waals surface area contributed by atoms with Gasteiger partial charge in [0.15, 0.2) is 11.6 Å². The Bertz CT molecular complexity index is 776. The zero-order valence-electron chi connectivity index (χ0n) is 14.1. The van der Waals surface area contributed by atoms with Crippen molar-refractivity contribution in [3.05, 3.63) is 58.6 Å². The van der Waals surface area contributed by atoms with Crippen LogP contribution in [0.25, 0.3) is 6.08 Å². The maximum absolute atomic E-state index is 12.6. The van der Waals surface area contributed by atoms with Crippen LogP contribution in [0.15, 0.2) is 53.0 Å². The zero-order valence-corrected chi connectivity index (χ0v) is 14.1. The van der Waals surface area contributed by atoms with Crippen molar-refractivity contribution in [2.75, 3.05) is 7.11 Å². The second-order valence-electron chi connectivity index (χ2n) is 6.13. The summed E-state index contributed by atoms with van der Waals surface area (Å²) in [5, 5.41) is 19.5. The molecule has 0 heterocycles. The van der Waals surface area contributed by atoms with Crippen LogP contribution in [0.1, 0.15) is 26.3 Å². The quantitative estimate of drug-likeness (QED) is 0.505. The number of aliphatic hydroxyl groups is 1. The van der Waals surface area contributed by atoms with Gasteiger partial charge >= 0.3 is 0 Å². The fourth-order valence-corrected chi connectivity index (χ4v) is 2.76. The zero-order chi connectivity index (χ0) is 18.1. The topological polar surface area (TPSA) is 83.8 Å². The first-order valence-electron chi connectivity index (χ1n) is 7.45. The lowest BCUT2D eigenvalue weighted by Gasteiger charge is -2.31. The number of methoxy groups -OCH3 is 1. The van der Waals surface area contributed by atoms with Gasteiger partial charge in [-0.2, -0.15) is 0 Å². The number of carbonyl (C=O) groups is 2. The average Bonchev–Trinajstić information content (AvgIpc) is 2.53. The largest absolute Gasteiger partial charge is 0.508 e. The van der Waals surface area contributed by atoms with Gasteiger partial charge in [0.2, 0.25) is 0 Å². The molecule has 0 aliphatic heterocycles. The molecule has 0 radical (unpaired) electrons. The second-order valence-corrected chi connectivity index (χ2v) is 6.13. The van der Waals surface area contributed by atoms with E-state index in [0.29, 0.717) is 16.9 Å². The number of benzene rings is 1. The number of hydrogen-bond donors (Lipinski definition) is 2. The van der Waals surface area contributed by atoms with Crippen molar-refractivity contribution in [3.8, 4) is 5.75 Å². The molecule has 0 fully saturated rings. The van der Waals surface area contributed by atoms with Crippen LogP contribution in [0, 0.1) is 5.41 Å². The molecule has 126 valence electrons. The van der Waals surface area contributed by atoms with Crippen LogP contribution in [-0.2, 0) is 14.3 Å². The molecule has 0 amide bonds. The normalized spacial score (nSPS) is 19.8. The predicted octanol–water partition coefficient (Wildman–Crippen LogP) is 3.32. The van der Waals surface area contributed by atoms with Gasteiger partial charge < -0.3 is 14.9 Å². The fourth-order valence-electron chi connectivity index (χ4n) is 2.76. The minimum Gasteiger partial charge on any atom is -0.508 e. The number of aliphatic hydroxyl groups excluding tert-OH is 1. The van der Waals surface area contributed by atoms with E-state index >= 15 is 0 Å². The van der Waals surface area contributed by atoms with Gasteiger partial charge in [-0.3, -0.25) is 9.59 Å². The summed E-state index contributed by atoms with van der Waals surface area (Å²) in [7, 11) is 1.42. The number of phenolic OH excluding ortho intramolecular Hbond substituents is 1. The highest BCUT2D eigenvalue weighted by molar-refractivity contribution is 6.30. The summed E-state index contributed by atoms with van der Waals surface area (Å²) in [5.41, 5.74) is -0.252. The number of hydrogen-bond acceptors (Lipinski definition) is 5. The van der Waals surface area contributed by atoms with Crippen LogP contribution in [0.4, 0.5) is 0 Å². The van der Waals surface area contributed by atoms with Crippen molar-refractivity contribution in [1.29, 1.82) is 0 Å². The Morgan fingerprint density at radius 1 is 1.17 bits per heavy atom. The Kier molecular flexibility index (Phi) is 4.64. The Labute approximate surface area is 140 Å². The van der Waals surface area contributed by atoms with Gasteiger partial charge in [0.1, 0.15) is 22.8 Å². The molecular weight excluding hydrogens is 308 g/mol. The maximum atomic E-state index is 12.6. The summed E-state index contributed by atoms with van der Waals surface area (Å²) < 4.78 is 5.22. The van der Waals surface area contributed by atoms with E-state index in [9.17, 15) is 19.8 Å². The van der Waals surface area contributed by atoms with E-state index in [1.54, 1.807) is 39.0 Å². The van der Waals surface area contributed by atoms with Crippen molar-refractivity contribution in [1.82, 2.24) is 0 Å². The molecule has 2 rings (SSSR count). The average molecular weight is 328 g/mol. The molecule has 0 unspecified atom stereocenters. The number of ether oxygens (including phenoxy) is 1. The van der Waals surface area contributed by atoms with E-state index in [2.05, 4.69) is 0 Å². The van der Waals surface area contributed by atoms with Gasteiger partial charge in [0, 0.05) is 5.57 Å². The van der Waals surface area contributed by atoms with Crippen LogP contribution in [0.5, 0.6) is 5.75 Å². The van der Waals surface area contributed by atoms with E-state index in [0.717, 1.165) is 0 Å².